The summed E-state index contributed by atoms with van der Waals surface area (Å²) in [6.07, 6.45) is 5.32. The standard InChI is InChI=1S/C13H19N3O3/c1-18-13(17)10-4-2-3-7-16(10)8-11-14-12(15-19-11)9-5-6-9/h9-10H,2-8H2,1H3. The fourth-order valence-corrected chi connectivity index (χ4v) is 2.60. The number of esters is 1. The second-order valence-electron chi connectivity index (χ2n) is 5.33. The molecule has 0 radical (unpaired) electrons. The van der Waals surface area contributed by atoms with Crippen molar-refractivity contribution in [1.82, 2.24) is 15.0 Å². The lowest BCUT2D eigenvalue weighted by Gasteiger charge is -2.32. The van der Waals surface area contributed by atoms with E-state index < -0.39 is 0 Å². The molecule has 2 heterocycles. The summed E-state index contributed by atoms with van der Waals surface area (Å²) in [6, 6.07) is -0.171. The van der Waals surface area contributed by atoms with Crippen LogP contribution in [0.1, 0.15) is 49.7 Å². The number of piperidine rings is 1. The van der Waals surface area contributed by atoms with E-state index in [1.54, 1.807) is 0 Å². The van der Waals surface area contributed by atoms with Crippen molar-refractivity contribution >= 4 is 5.97 Å². The highest BCUT2D eigenvalue weighted by atomic mass is 16.5. The van der Waals surface area contributed by atoms with Crippen LogP contribution in [0.15, 0.2) is 4.52 Å². The highest BCUT2D eigenvalue weighted by Crippen LogP contribution is 2.38. The minimum absolute atomic E-state index is 0.165. The zero-order valence-corrected chi connectivity index (χ0v) is 11.2. The zero-order chi connectivity index (χ0) is 13.2. The van der Waals surface area contributed by atoms with Crippen LogP contribution in [-0.4, -0.2) is 40.7 Å². The first-order chi connectivity index (χ1) is 9.28. The molecule has 104 valence electrons. The normalized spacial score (nSPS) is 24.4. The van der Waals surface area contributed by atoms with E-state index in [1.807, 2.05) is 0 Å². The van der Waals surface area contributed by atoms with Gasteiger partial charge in [-0.2, -0.15) is 4.98 Å². The van der Waals surface area contributed by atoms with Gasteiger partial charge in [0.05, 0.1) is 13.7 Å². The van der Waals surface area contributed by atoms with Crippen LogP contribution in [0.5, 0.6) is 0 Å². The quantitative estimate of drug-likeness (QED) is 0.768. The minimum Gasteiger partial charge on any atom is -0.468 e. The lowest BCUT2D eigenvalue weighted by atomic mass is 10.0. The summed E-state index contributed by atoms with van der Waals surface area (Å²) in [5.41, 5.74) is 0. The number of rotatable bonds is 4. The van der Waals surface area contributed by atoms with Crippen LogP contribution in [0.2, 0.25) is 0 Å². The summed E-state index contributed by atoms with van der Waals surface area (Å²) in [5, 5.41) is 4.00. The maximum Gasteiger partial charge on any atom is 0.323 e. The lowest BCUT2D eigenvalue weighted by molar-refractivity contribution is -0.148. The monoisotopic (exact) mass is 265 g/mol. The highest BCUT2D eigenvalue weighted by Gasteiger charge is 2.32. The molecular formula is C13H19N3O3. The number of carbonyl (C=O) groups excluding carboxylic acids is 1. The summed E-state index contributed by atoms with van der Waals surface area (Å²) < 4.78 is 10.1. The topological polar surface area (TPSA) is 68.5 Å². The fourth-order valence-electron chi connectivity index (χ4n) is 2.60. The Labute approximate surface area is 112 Å². The Kier molecular flexibility index (Phi) is 3.50. The van der Waals surface area contributed by atoms with Gasteiger partial charge < -0.3 is 9.26 Å². The molecule has 1 saturated carbocycles. The summed E-state index contributed by atoms with van der Waals surface area (Å²) in [5.74, 6) is 1.76. The number of methoxy groups -OCH3 is 1. The lowest BCUT2D eigenvalue weighted by Crippen LogP contribution is -2.44. The number of nitrogens with zero attached hydrogens (tertiary/aromatic N) is 3. The molecule has 1 unspecified atom stereocenters. The van der Waals surface area contributed by atoms with Gasteiger partial charge in [-0.15, -0.1) is 0 Å². The van der Waals surface area contributed by atoms with Crippen LogP contribution in [-0.2, 0) is 16.1 Å². The molecule has 3 rings (SSSR count). The fraction of sp³-hybridized carbons (Fsp3) is 0.769. The minimum atomic E-state index is -0.171. The predicted molar refractivity (Wildman–Crippen MR) is 66.3 cm³/mol. The Balaban J connectivity index is 1.66. The SMILES string of the molecule is COC(=O)C1CCCCN1Cc1nc(C2CC2)no1. The first-order valence-electron chi connectivity index (χ1n) is 6.92. The van der Waals surface area contributed by atoms with Crippen molar-refractivity contribution in [3.05, 3.63) is 11.7 Å². The van der Waals surface area contributed by atoms with Gasteiger partial charge in [-0.3, -0.25) is 9.69 Å². The number of hydrogen-bond acceptors (Lipinski definition) is 6. The number of ether oxygens (including phenoxy) is 1. The smallest absolute Gasteiger partial charge is 0.323 e. The van der Waals surface area contributed by atoms with E-state index in [2.05, 4.69) is 15.0 Å². The molecule has 1 atom stereocenters. The molecule has 1 aromatic heterocycles. The van der Waals surface area contributed by atoms with Crippen LogP contribution in [0.3, 0.4) is 0 Å². The van der Waals surface area contributed by atoms with Crippen molar-refractivity contribution in [2.24, 2.45) is 0 Å². The molecule has 1 aliphatic carbocycles. The molecule has 1 aromatic rings. The third-order valence-corrected chi connectivity index (χ3v) is 3.85. The molecule has 0 amide bonds. The number of likely N-dealkylation sites (tertiary alicyclic amines) is 1. The Morgan fingerprint density at radius 2 is 2.26 bits per heavy atom. The van der Waals surface area contributed by atoms with Crippen LogP contribution >= 0.6 is 0 Å². The van der Waals surface area contributed by atoms with Crippen molar-refractivity contribution in [1.29, 1.82) is 0 Å². The molecule has 1 aliphatic heterocycles. The Morgan fingerprint density at radius 1 is 1.42 bits per heavy atom. The first kappa shape index (κ1) is 12.6. The number of carbonyl (C=O) groups is 1. The largest absolute Gasteiger partial charge is 0.468 e. The molecule has 0 spiro atoms. The maximum absolute atomic E-state index is 11.8. The van der Waals surface area contributed by atoms with Crippen molar-refractivity contribution in [2.45, 2.75) is 50.6 Å². The van der Waals surface area contributed by atoms with Crippen LogP contribution in [0.4, 0.5) is 0 Å². The van der Waals surface area contributed by atoms with Crippen molar-refractivity contribution in [3.63, 3.8) is 0 Å². The van der Waals surface area contributed by atoms with Gasteiger partial charge in [0, 0.05) is 5.92 Å². The van der Waals surface area contributed by atoms with Crippen LogP contribution < -0.4 is 0 Å². The number of hydrogen-bond donors (Lipinski definition) is 0. The predicted octanol–water partition coefficient (Wildman–Crippen LogP) is 1.47. The third kappa shape index (κ3) is 2.78. The maximum atomic E-state index is 11.8. The van der Waals surface area contributed by atoms with Crippen molar-refractivity contribution in [3.8, 4) is 0 Å². The van der Waals surface area contributed by atoms with Gasteiger partial charge in [-0.25, -0.2) is 0 Å². The Hall–Kier alpha value is -1.43. The average Bonchev–Trinajstić information content (AvgIpc) is 3.19. The summed E-state index contributed by atoms with van der Waals surface area (Å²) >= 11 is 0. The average molecular weight is 265 g/mol. The molecule has 0 N–H and O–H groups in total. The zero-order valence-electron chi connectivity index (χ0n) is 11.2. The van der Waals surface area contributed by atoms with Gasteiger partial charge in [0.25, 0.3) is 0 Å². The van der Waals surface area contributed by atoms with E-state index in [4.69, 9.17) is 9.26 Å². The molecule has 0 bridgehead atoms. The highest BCUT2D eigenvalue weighted by molar-refractivity contribution is 5.75. The number of aromatic nitrogens is 2. The van der Waals surface area contributed by atoms with Crippen LogP contribution in [0, 0.1) is 0 Å². The second-order valence-corrected chi connectivity index (χ2v) is 5.33. The summed E-state index contributed by atoms with van der Waals surface area (Å²) in [7, 11) is 1.44. The van der Waals surface area contributed by atoms with Gasteiger partial charge >= 0.3 is 5.97 Å². The second kappa shape index (κ2) is 5.28. The van der Waals surface area contributed by atoms with E-state index in [0.717, 1.165) is 44.5 Å². The van der Waals surface area contributed by atoms with E-state index in [-0.39, 0.29) is 12.0 Å². The first-order valence-corrected chi connectivity index (χ1v) is 6.92. The molecular weight excluding hydrogens is 246 g/mol. The van der Waals surface area contributed by atoms with Gasteiger partial charge in [0.1, 0.15) is 6.04 Å². The van der Waals surface area contributed by atoms with Gasteiger partial charge in [0.15, 0.2) is 5.82 Å². The molecule has 6 heteroatoms. The van der Waals surface area contributed by atoms with Crippen LogP contribution in [0.25, 0.3) is 0 Å². The van der Waals surface area contributed by atoms with Gasteiger partial charge in [-0.05, 0) is 32.2 Å². The molecule has 2 aliphatic rings. The van der Waals surface area contributed by atoms with E-state index in [9.17, 15) is 4.79 Å². The van der Waals surface area contributed by atoms with E-state index in [1.165, 1.54) is 7.11 Å². The molecule has 6 nitrogen and oxygen atoms in total. The van der Waals surface area contributed by atoms with Crippen molar-refractivity contribution in [2.75, 3.05) is 13.7 Å². The molecule has 1 saturated heterocycles. The van der Waals surface area contributed by atoms with Crippen molar-refractivity contribution < 1.29 is 14.1 Å². The summed E-state index contributed by atoms with van der Waals surface area (Å²) in [6.45, 7) is 1.42. The Bertz CT molecular complexity index is 456. The Morgan fingerprint density at radius 3 is 3.00 bits per heavy atom. The van der Waals surface area contributed by atoms with Gasteiger partial charge in [0.2, 0.25) is 5.89 Å². The van der Waals surface area contributed by atoms with E-state index in [0.29, 0.717) is 18.4 Å². The molecule has 0 aromatic carbocycles. The van der Waals surface area contributed by atoms with E-state index >= 15 is 0 Å². The third-order valence-electron chi connectivity index (χ3n) is 3.85. The van der Waals surface area contributed by atoms with Gasteiger partial charge in [-0.1, -0.05) is 11.6 Å². The summed E-state index contributed by atoms with van der Waals surface area (Å²) in [4.78, 5) is 18.3. The molecule has 19 heavy (non-hydrogen) atoms. The molecule has 2 fully saturated rings.